The number of nitrogens with zero attached hydrogens (tertiary/aromatic N) is 1. The molecule has 0 saturated heterocycles. The Morgan fingerprint density at radius 1 is 0.955 bits per heavy atom. The van der Waals surface area contributed by atoms with Crippen LogP contribution in [0.15, 0.2) is 0 Å². The van der Waals surface area contributed by atoms with Gasteiger partial charge in [-0.2, -0.15) is 0 Å². The van der Waals surface area contributed by atoms with E-state index in [-0.39, 0.29) is 6.04 Å². The Kier molecular flexibility index (Phi) is 17.2. The van der Waals surface area contributed by atoms with Crippen LogP contribution in [0, 0.1) is 17.8 Å². The topological polar surface area (TPSA) is 53.3 Å². The fraction of sp³-hybridized carbons (Fsp3) is 1.00. The molecular weight excluding hydrogens is 272 g/mol. The molecule has 0 bridgehead atoms. The van der Waals surface area contributed by atoms with Crippen LogP contribution in [-0.2, 0) is 0 Å². The molecule has 0 radical (unpaired) electrons. The normalized spacial score (nSPS) is 14.2. The molecule has 0 aromatic rings. The predicted octanol–water partition coefficient (Wildman–Crippen LogP) is 2.40. The summed E-state index contributed by atoms with van der Waals surface area (Å²) in [6, 6.07) is 0.273. The van der Waals surface area contributed by atoms with E-state index in [9.17, 15) is 0 Å². The summed E-state index contributed by atoms with van der Waals surface area (Å²) in [6.45, 7) is 18.8. The standard InChI is InChI=1S/2C9H22N2/c1-9(2)5-7-11(4)8-6-10-3;1-7(2)8(3)5-11-6-9(4)10/h9-10H,5-8H2,1-4H3;7-9,11H,5-6,10H2,1-4H3. The van der Waals surface area contributed by atoms with Crippen LogP contribution in [0.4, 0.5) is 0 Å². The van der Waals surface area contributed by atoms with Gasteiger partial charge < -0.3 is 21.3 Å². The molecule has 0 aliphatic rings. The Labute approximate surface area is 140 Å². The third kappa shape index (κ3) is 19.8. The molecule has 0 aromatic heterocycles. The molecule has 0 heterocycles. The highest BCUT2D eigenvalue weighted by molar-refractivity contribution is 4.63. The van der Waals surface area contributed by atoms with Crippen molar-refractivity contribution in [1.29, 1.82) is 0 Å². The van der Waals surface area contributed by atoms with E-state index in [1.165, 1.54) is 13.0 Å². The first-order chi connectivity index (χ1) is 10.2. The van der Waals surface area contributed by atoms with E-state index in [4.69, 9.17) is 5.73 Å². The minimum absolute atomic E-state index is 0.273. The van der Waals surface area contributed by atoms with Gasteiger partial charge in [0.25, 0.3) is 0 Å². The van der Waals surface area contributed by atoms with Crippen LogP contribution < -0.4 is 16.4 Å². The highest BCUT2D eigenvalue weighted by atomic mass is 15.1. The number of rotatable bonds is 11. The second-order valence-electron chi connectivity index (χ2n) is 7.45. The zero-order chi connectivity index (χ0) is 17.5. The van der Waals surface area contributed by atoms with Gasteiger partial charge in [-0.3, -0.25) is 0 Å². The molecule has 2 unspecified atom stereocenters. The van der Waals surface area contributed by atoms with Crippen LogP contribution in [0.2, 0.25) is 0 Å². The summed E-state index contributed by atoms with van der Waals surface area (Å²) < 4.78 is 0. The molecule has 0 fully saturated rings. The average molecular weight is 317 g/mol. The number of hydrogen-bond acceptors (Lipinski definition) is 4. The molecule has 4 nitrogen and oxygen atoms in total. The molecule has 0 aliphatic heterocycles. The monoisotopic (exact) mass is 316 g/mol. The van der Waals surface area contributed by atoms with Crippen LogP contribution in [0.3, 0.4) is 0 Å². The minimum Gasteiger partial charge on any atom is -0.327 e. The van der Waals surface area contributed by atoms with E-state index in [2.05, 4.69) is 57.2 Å². The van der Waals surface area contributed by atoms with Gasteiger partial charge in [0.1, 0.15) is 0 Å². The Morgan fingerprint density at radius 2 is 1.55 bits per heavy atom. The largest absolute Gasteiger partial charge is 0.327 e. The summed E-state index contributed by atoms with van der Waals surface area (Å²) in [6.07, 6.45) is 1.31. The second-order valence-corrected chi connectivity index (χ2v) is 7.45. The van der Waals surface area contributed by atoms with Crippen molar-refractivity contribution in [2.24, 2.45) is 23.5 Å². The summed E-state index contributed by atoms with van der Waals surface area (Å²) in [5, 5.41) is 6.49. The van der Waals surface area contributed by atoms with E-state index in [0.717, 1.165) is 43.9 Å². The first kappa shape index (κ1) is 24.1. The van der Waals surface area contributed by atoms with E-state index in [1.807, 2.05) is 14.0 Å². The van der Waals surface area contributed by atoms with Gasteiger partial charge in [-0.1, -0.05) is 34.6 Å². The van der Waals surface area contributed by atoms with Crippen molar-refractivity contribution in [3.05, 3.63) is 0 Å². The Hall–Kier alpha value is -0.160. The van der Waals surface area contributed by atoms with E-state index in [1.54, 1.807) is 0 Å². The smallest absolute Gasteiger partial charge is 0.0136 e. The number of likely N-dealkylation sites (N-methyl/N-ethyl adjacent to an activating group) is 2. The molecular formula is C18H44N4. The summed E-state index contributed by atoms with van der Waals surface area (Å²) in [7, 11) is 4.18. The molecule has 0 aromatic carbocycles. The highest BCUT2D eigenvalue weighted by Gasteiger charge is 2.05. The Bertz CT molecular complexity index is 217. The van der Waals surface area contributed by atoms with Crippen LogP contribution in [0.5, 0.6) is 0 Å². The quantitative estimate of drug-likeness (QED) is 0.548. The van der Waals surface area contributed by atoms with Gasteiger partial charge in [0.2, 0.25) is 0 Å². The maximum absolute atomic E-state index is 5.59. The van der Waals surface area contributed by atoms with Gasteiger partial charge in [-0.15, -0.1) is 0 Å². The first-order valence-corrected chi connectivity index (χ1v) is 9.00. The lowest BCUT2D eigenvalue weighted by Crippen LogP contribution is -2.34. The SMILES string of the molecule is CC(N)CNCC(C)C(C)C.CNCCN(C)CCC(C)C. The van der Waals surface area contributed by atoms with Gasteiger partial charge in [0.05, 0.1) is 0 Å². The highest BCUT2D eigenvalue weighted by Crippen LogP contribution is 2.07. The molecule has 0 rings (SSSR count). The molecule has 0 saturated carbocycles. The molecule has 136 valence electrons. The molecule has 4 heteroatoms. The van der Waals surface area contributed by atoms with Crippen molar-refractivity contribution >= 4 is 0 Å². The first-order valence-electron chi connectivity index (χ1n) is 9.00. The van der Waals surface area contributed by atoms with Crippen LogP contribution >= 0.6 is 0 Å². The van der Waals surface area contributed by atoms with E-state index >= 15 is 0 Å². The molecule has 4 N–H and O–H groups in total. The predicted molar refractivity (Wildman–Crippen MR) is 101 cm³/mol. The minimum atomic E-state index is 0.273. The maximum Gasteiger partial charge on any atom is 0.0136 e. The third-order valence-corrected chi connectivity index (χ3v) is 3.90. The number of nitrogens with one attached hydrogen (secondary N) is 2. The number of nitrogens with two attached hydrogens (primary N) is 1. The van der Waals surface area contributed by atoms with Crippen molar-refractivity contribution in [3.8, 4) is 0 Å². The van der Waals surface area contributed by atoms with E-state index < -0.39 is 0 Å². The van der Waals surface area contributed by atoms with Gasteiger partial charge in [0.15, 0.2) is 0 Å². The summed E-state index contributed by atoms with van der Waals surface area (Å²) in [5.74, 6) is 2.33. The third-order valence-electron chi connectivity index (χ3n) is 3.90. The average Bonchev–Trinajstić information content (AvgIpc) is 2.42. The zero-order valence-corrected chi connectivity index (χ0v) is 16.6. The van der Waals surface area contributed by atoms with Crippen molar-refractivity contribution in [3.63, 3.8) is 0 Å². The van der Waals surface area contributed by atoms with Crippen molar-refractivity contribution in [2.75, 3.05) is 46.8 Å². The number of hydrogen-bond donors (Lipinski definition) is 3. The second kappa shape index (κ2) is 15.7. The summed E-state index contributed by atoms with van der Waals surface area (Å²) in [5.41, 5.74) is 5.59. The molecule has 22 heavy (non-hydrogen) atoms. The molecule has 0 spiro atoms. The summed E-state index contributed by atoms with van der Waals surface area (Å²) in [4.78, 5) is 2.37. The van der Waals surface area contributed by atoms with Crippen LogP contribution in [-0.4, -0.2) is 57.8 Å². The molecule has 0 aliphatic carbocycles. The Morgan fingerprint density at radius 3 is 1.95 bits per heavy atom. The van der Waals surface area contributed by atoms with Crippen molar-refractivity contribution in [1.82, 2.24) is 15.5 Å². The van der Waals surface area contributed by atoms with Crippen LogP contribution in [0.25, 0.3) is 0 Å². The van der Waals surface area contributed by atoms with Gasteiger partial charge in [0, 0.05) is 25.7 Å². The fourth-order valence-corrected chi connectivity index (χ4v) is 1.67. The van der Waals surface area contributed by atoms with Crippen molar-refractivity contribution in [2.45, 2.75) is 54.0 Å². The molecule has 2 atom stereocenters. The van der Waals surface area contributed by atoms with Crippen molar-refractivity contribution < 1.29 is 0 Å². The molecule has 0 amide bonds. The lowest BCUT2D eigenvalue weighted by molar-refractivity contribution is 0.312. The van der Waals surface area contributed by atoms with Gasteiger partial charge in [-0.05, 0) is 58.3 Å². The Balaban J connectivity index is 0. The maximum atomic E-state index is 5.59. The summed E-state index contributed by atoms with van der Waals surface area (Å²) >= 11 is 0. The van der Waals surface area contributed by atoms with Crippen LogP contribution in [0.1, 0.15) is 48.0 Å². The van der Waals surface area contributed by atoms with E-state index in [0.29, 0.717) is 0 Å². The lowest BCUT2D eigenvalue weighted by Gasteiger charge is -2.17. The lowest BCUT2D eigenvalue weighted by atomic mass is 9.98. The van der Waals surface area contributed by atoms with Gasteiger partial charge in [-0.25, -0.2) is 0 Å². The zero-order valence-electron chi connectivity index (χ0n) is 16.6. The van der Waals surface area contributed by atoms with Gasteiger partial charge >= 0.3 is 0 Å². The fourth-order valence-electron chi connectivity index (χ4n) is 1.67.